The van der Waals surface area contributed by atoms with E-state index in [0.717, 1.165) is 0 Å². The van der Waals surface area contributed by atoms with Crippen molar-refractivity contribution in [1.29, 1.82) is 0 Å². The number of nitrogens with two attached hydrogens (primary N) is 1. The fourth-order valence-corrected chi connectivity index (χ4v) is 2.95. The summed E-state index contributed by atoms with van der Waals surface area (Å²) in [5.41, 5.74) is 9.16. The van der Waals surface area contributed by atoms with Crippen molar-refractivity contribution in [1.82, 2.24) is 0 Å². The van der Waals surface area contributed by atoms with Gasteiger partial charge in [0.15, 0.2) is 0 Å². The van der Waals surface area contributed by atoms with Crippen LogP contribution in [0.25, 0.3) is 0 Å². The number of aromatic hydroxyl groups is 1. The van der Waals surface area contributed by atoms with Crippen LogP contribution in [0.5, 0.6) is 5.75 Å². The van der Waals surface area contributed by atoms with Crippen LogP contribution in [-0.4, -0.2) is 12.2 Å². The molecule has 124 valence electrons. The lowest BCUT2D eigenvalue weighted by atomic mass is 9.71. The van der Waals surface area contributed by atoms with E-state index >= 15 is 0 Å². The normalized spacial score (nSPS) is 12.7. The zero-order valence-electron chi connectivity index (χ0n) is 14.5. The van der Waals surface area contributed by atoms with Crippen LogP contribution >= 0.6 is 0 Å². The lowest BCUT2D eigenvalue weighted by Crippen LogP contribution is -2.25. The van der Waals surface area contributed by atoms with E-state index in [1.165, 1.54) is 29.3 Å². The zero-order chi connectivity index (χ0) is 17.6. The molecule has 0 aromatic heterocycles. The van der Waals surface area contributed by atoms with Crippen molar-refractivity contribution in [2.45, 2.75) is 19.3 Å². The Kier molecular flexibility index (Phi) is 5.78. The van der Waals surface area contributed by atoms with Crippen molar-refractivity contribution < 1.29 is 5.11 Å². The van der Waals surface area contributed by atoms with E-state index in [2.05, 4.69) is 68.1 Å². The first kappa shape index (κ1) is 17.8. The maximum Gasteiger partial charge on any atom is 0.115 e. The summed E-state index contributed by atoms with van der Waals surface area (Å²) in [5, 5.41) is 9.60. The molecule has 3 aromatic carbocycles. The SMILES string of the molecule is CN.Cc1ccc(C(C)(c2ccccc2)c2ccc(O)cc2)cc1. The number of phenolic OH excluding ortho intramolecular Hbond substituents is 1. The minimum Gasteiger partial charge on any atom is -0.508 e. The van der Waals surface area contributed by atoms with E-state index < -0.39 is 0 Å². The Bertz CT molecular complexity index is 701. The van der Waals surface area contributed by atoms with E-state index in [0.29, 0.717) is 5.75 Å². The molecule has 2 heteroatoms. The second kappa shape index (κ2) is 7.80. The molecule has 1 atom stereocenters. The van der Waals surface area contributed by atoms with Crippen LogP contribution in [0.3, 0.4) is 0 Å². The Morgan fingerprint density at radius 3 is 1.58 bits per heavy atom. The first-order valence-electron chi connectivity index (χ1n) is 8.10. The van der Waals surface area contributed by atoms with Gasteiger partial charge in [-0.25, -0.2) is 0 Å². The summed E-state index contributed by atoms with van der Waals surface area (Å²) in [6.07, 6.45) is 0. The quantitative estimate of drug-likeness (QED) is 0.691. The van der Waals surface area contributed by atoms with Crippen LogP contribution in [0.15, 0.2) is 78.9 Å². The summed E-state index contributed by atoms with van der Waals surface area (Å²) >= 11 is 0. The molecule has 24 heavy (non-hydrogen) atoms. The van der Waals surface area contributed by atoms with Gasteiger partial charge in [-0.2, -0.15) is 0 Å². The molecular weight excluding hydrogens is 294 g/mol. The lowest BCUT2D eigenvalue weighted by Gasteiger charge is -2.32. The van der Waals surface area contributed by atoms with Crippen LogP contribution in [0.1, 0.15) is 29.2 Å². The standard InChI is InChI=1S/C21H20O.CH5N/c1-16-8-10-18(11-9-16)21(2,17-6-4-3-5-7-17)19-12-14-20(22)15-13-19;1-2/h3-15,22H,1-2H3;2H2,1H3. The number of hydrogen-bond acceptors (Lipinski definition) is 2. The fraction of sp³-hybridized carbons (Fsp3) is 0.182. The molecule has 3 rings (SSSR count). The average Bonchev–Trinajstić information content (AvgIpc) is 2.65. The predicted molar refractivity (Wildman–Crippen MR) is 101 cm³/mol. The van der Waals surface area contributed by atoms with Crippen molar-refractivity contribution in [3.8, 4) is 5.75 Å². The maximum atomic E-state index is 9.60. The van der Waals surface area contributed by atoms with Crippen LogP contribution in [0, 0.1) is 6.92 Å². The summed E-state index contributed by atoms with van der Waals surface area (Å²) in [6.45, 7) is 4.34. The molecule has 1 unspecified atom stereocenters. The van der Waals surface area contributed by atoms with Crippen molar-refractivity contribution in [2.75, 3.05) is 7.05 Å². The van der Waals surface area contributed by atoms with Gasteiger partial charge < -0.3 is 10.8 Å². The predicted octanol–water partition coefficient (Wildman–Crippen LogP) is 4.63. The Hall–Kier alpha value is -2.58. The van der Waals surface area contributed by atoms with Gasteiger partial charge in [0, 0.05) is 5.41 Å². The second-order valence-corrected chi connectivity index (χ2v) is 5.90. The molecule has 0 fully saturated rings. The molecule has 3 N–H and O–H groups in total. The Morgan fingerprint density at radius 2 is 1.08 bits per heavy atom. The van der Waals surface area contributed by atoms with E-state index in [9.17, 15) is 5.11 Å². The van der Waals surface area contributed by atoms with Crippen molar-refractivity contribution in [3.05, 3.63) is 101 Å². The zero-order valence-corrected chi connectivity index (χ0v) is 14.5. The minimum atomic E-state index is -0.247. The molecular formula is C22H25NO. The first-order valence-corrected chi connectivity index (χ1v) is 8.10. The van der Waals surface area contributed by atoms with Crippen molar-refractivity contribution in [2.24, 2.45) is 5.73 Å². The summed E-state index contributed by atoms with van der Waals surface area (Å²) in [7, 11) is 1.50. The molecule has 0 bridgehead atoms. The molecule has 0 aliphatic rings. The number of aryl methyl sites for hydroxylation is 1. The number of hydrogen-bond donors (Lipinski definition) is 2. The summed E-state index contributed by atoms with van der Waals surface area (Å²) in [5.74, 6) is 0.295. The van der Waals surface area contributed by atoms with Gasteiger partial charge in [-0.05, 0) is 49.7 Å². The van der Waals surface area contributed by atoms with Crippen molar-refractivity contribution >= 4 is 0 Å². The second-order valence-electron chi connectivity index (χ2n) is 5.90. The lowest BCUT2D eigenvalue weighted by molar-refractivity contribution is 0.474. The largest absolute Gasteiger partial charge is 0.508 e. The fourth-order valence-electron chi connectivity index (χ4n) is 2.95. The highest BCUT2D eigenvalue weighted by Gasteiger charge is 2.30. The topological polar surface area (TPSA) is 46.2 Å². The summed E-state index contributed by atoms with van der Waals surface area (Å²) in [6, 6.07) is 26.7. The third-order valence-electron chi connectivity index (χ3n) is 4.42. The van der Waals surface area contributed by atoms with Gasteiger partial charge in [-0.1, -0.05) is 72.3 Å². The van der Waals surface area contributed by atoms with Gasteiger partial charge in [0.1, 0.15) is 5.75 Å². The van der Waals surface area contributed by atoms with Crippen molar-refractivity contribution in [3.63, 3.8) is 0 Å². The molecule has 0 heterocycles. The molecule has 0 amide bonds. The highest BCUT2D eigenvalue weighted by molar-refractivity contribution is 5.50. The highest BCUT2D eigenvalue weighted by atomic mass is 16.3. The number of phenols is 1. The third-order valence-corrected chi connectivity index (χ3v) is 4.42. The minimum absolute atomic E-state index is 0.247. The molecule has 0 radical (unpaired) electrons. The smallest absolute Gasteiger partial charge is 0.115 e. The van der Waals surface area contributed by atoms with Crippen LogP contribution in [-0.2, 0) is 5.41 Å². The molecule has 0 saturated heterocycles. The number of benzene rings is 3. The van der Waals surface area contributed by atoms with E-state index in [-0.39, 0.29) is 5.41 Å². The first-order chi connectivity index (χ1) is 11.6. The number of rotatable bonds is 3. The molecule has 0 aliphatic carbocycles. The van der Waals surface area contributed by atoms with Gasteiger partial charge in [0.2, 0.25) is 0 Å². The van der Waals surface area contributed by atoms with Crippen LogP contribution < -0.4 is 5.73 Å². The van der Waals surface area contributed by atoms with Gasteiger partial charge >= 0.3 is 0 Å². The maximum absolute atomic E-state index is 9.60. The summed E-state index contributed by atoms with van der Waals surface area (Å²) in [4.78, 5) is 0. The Labute approximate surface area is 144 Å². The van der Waals surface area contributed by atoms with Gasteiger partial charge in [-0.15, -0.1) is 0 Å². The van der Waals surface area contributed by atoms with Gasteiger partial charge in [-0.3, -0.25) is 0 Å². The van der Waals surface area contributed by atoms with Gasteiger partial charge in [0.05, 0.1) is 0 Å². The third kappa shape index (κ3) is 3.50. The molecule has 0 spiro atoms. The Balaban J connectivity index is 0.00000100. The van der Waals surface area contributed by atoms with Crippen LogP contribution in [0.4, 0.5) is 0 Å². The Morgan fingerprint density at radius 1 is 0.667 bits per heavy atom. The molecule has 0 saturated carbocycles. The van der Waals surface area contributed by atoms with E-state index in [1.807, 2.05) is 18.2 Å². The monoisotopic (exact) mass is 319 g/mol. The van der Waals surface area contributed by atoms with Gasteiger partial charge in [0.25, 0.3) is 0 Å². The summed E-state index contributed by atoms with van der Waals surface area (Å²) < 4.78 is 0. The molecule has 3 aromatic rings. The highest BCUT2D eigenvalue weighted by Crippen LogP contribution is 2.39. The molecule has 0 aliphatic heterocycles. The van der Waals surface area contributed by atoms with Crippen LogP contribution in [0.2, 0.25) is 0 Å². The van der Waals surface area contributed by atoms with E-state index in [4.69, 9.17) is 0 Å². The van der Waals surface area contributed by atoms with E-state index in [1.54, 1.807) is 12.1 Å². The molecule has 2 nitrogen and oxygen atoms in total. The average molecular weight is 319 g/mol.